The Kier molecular flexibility index (Phi) is 0.327. The van der Waals surface area contributed by atoms with Gasteiger partial charge in [-0.05, 0) is 60.2 Å². The van der Waals surface area contributed by atoms with Crippen molar-refractivity contribution in [2.75, 3.05) is 0 Å². The summed E-state index contributed by atoms with van der Waals surface area (Å²) >= 11 is 0. The average Bonchev–Trinajstić information content (AvgIpc) is 2.62. The van der Waals surface area contributed by atoms with E-state index in [1.165, 1.54) is 35.5 Å². The summed E-state index contributed by atoms with van der Waals surface area (Å²) in [6.45, 7) is 0. The van der Waals surface area contributed by atoms with Crippen LogP contribution < -0.4 is 0 Å². The molecule has 5 saturated carbocycles. The van der Waals surface area contributed by atoms with Crippen LogP contribution in [-0.2, 0) is 0 Å². The molecular weight excluding hydrogens is 120 g/mol. The van der Waals surface area contributed by atoms with E-state index < -0.39 is 0 Å². The van der Waals surface area contributed by atoms with Gasteiger partial charge in [0.1, 0.15) is 0 Å². The molecule has 1 spiro atoms. The normalized spacial score (nSPS) is 91.2. The molecule has 0 nitrogen and oxygen atoms in total. The third-order valence-corrected chi connectivity index (χ3v) is 5.67. The van der Waals surface area contributed by atoms with Gasteiger partial charge in [0.15, 0.2) is 0 Å². The molecule has 0 aliphatic heterocycles. The first-order chi connectivity index (χ1) is 4.94. The van der Waals surface area contributed by atoms with Crippen molar-refractivity contribution >= 4 is 0 Å². The summed E-state index contributed by atoms with van der Waals surface area (Å²) in [7, 11) is 0. The summed E-state index contributed by atoms with van der Waals surface area (Å²) in [5.41, 5.74) is 1.08. The van der Waals surface area contributed by atoms with E-state index in [0.29, 0.717) is 0 Å². The lowest BCUT2D eigenvalue weighted by Crippen LogP contribution is -2.35. The summed E-state index contributed by atoms with van der Waals surface area (Å²) in [5.74, 6) is 7.71. The standard InChI is InChI=1S/C10H12/c1-4-2-6(4)8-9-7-3-5(1)10(7,8)9/h4-9H,1-3H2. The largest absolute Gasteiger partial charge is 0.0467 e. The Morgan fingerprint density at radius 2 is 2.00 bits per heavy atom. The Labute approximate surface area is 61.0 Å². The zero-order valence-electron chi connectivity index (χ0n) is 6.09. The molecule has 52 valence electrons. The van der Waals surface area contributed by atoms with Crippen LogP contribution in [0.2, 0.25) is 0 Å². The predicted molar refractivity (Wildman–Crippen MR) is 37.2 cm³/mol. The lowest BCUT2D eigenvalue weighted by atomic mass is 9.64. The summed E-state index contributed by atoms with van der Waals surface area (Å²) in [4.78, 5) is 0. The minimum atomic E-state index is 1.08. The van der Waals surface area contributed by atoms with Gasteiger partial charge in [-0.3, -0.25) is 0 Å². The molecule has 7 atom stereocenters. The first-order valence-corrected chi connectivity index (χ1v) is 4.94. The molecule has 0 amide bonds. The van der Waals surface area contributed by atoms with Crippen LogP contribution in [0.3, 0.4) is 0 Å². The maximum Gasteiger partial charge on any atom is -0.0170 e. The number of rotatable bonds is 0. The fourth-order valence-corrected chi connectivity index (χ4v) is 5.23. The first kappa shape index (κ1) is 4.13. The second-order valence-corrected chi connectivity index (χ2v) is 5.49. The molecule has 5 aliphatic rings. The summed E-state index contributed by atoms with van der Waals surface area (Å²) in [5, 5.41) is 0. The number of fused-ring (bicyclic) bond motifs is 4. The van der Waals surface area contributed by atoms with Gasteiger partial charge >= 0.3 is 0 Å². The lowest BCUT2D eigenvalue weighted by molar-refractivity contribution is 0.0727. The summed E-state index contributed by atoms with van der Waals surface area (Å²) < 4.78 is 0. The highest BCUT2D eigenvalue weighted by Crippen LogP contribution is 3.01. The molecule has 5 aliphatic carbocycles. The Hall–Kier alpha value is 0. The van der Waals surface area contributed by atoms with Crippen molar-refractivity contribution in [3.63, 3.8) is 0 Å². The van der Waals surface area contributed by atoms with Crippen molar-refractivity contribution < 1.29 is 0 Å². The van der Waals surface area contributed by atoms with Crippen molar-refractivity contribution in [3.05, 3.63) is 0 Å². The van der Waals surface area contributed by atoms with E-state index in [9.17, 15) is 0 Å². The van der Waals surface area contributed by atoms with Crippen molar-refractivity contribution in [2.45, 2.75) is 19.3 Å². The SMILES string of the molecule is C1C2CC3CC4C5C(C12)C345. The third-order valence-electron chi connectivity index (χ3n) is 5.67. The molecular formula is C10H12. The monoisotopic (exact) mass is 132 g/mol. The van der Waals surface area contributed by atoms with Crippen LogP contribution in [0.4, 0.5) is 0 Å². The highest BCUT2D eigenvalue weighted by Gasteiger charge is 2.97. The molecule has 0 radical (unpaired) electrons. The van der Waals surface area contributed by atoms with Gasteiger partial charge in [0.05, 0.1) is 0 Å². The first-order valence-electron chi connectivity index (χ1n) is 4.94. The Morgan fingerprint density at radius 3 is 2.90 bits per heavy atom. The summed E-state index contributed by atoms with van der Waals surface area (Å²) in [6.07, 6.45) is 4.96. The van der Waals surface area contributed by atoms with Gasteiger partial charge in [-0.25, -0.2) is 0 Å². The molecule has 10 heavy (non-hydrogen) atoms. The fraction of sp³-hybridized carbons (Fsp3) is 1.00. The van der Waals surface area contributed by atoms with Crippen molar-refractivity contribution in [3.8, 4) is 0 Å². The lowest BCUT2D eigenvalue weighted by Gasteiger charge is -2.41. The van der Waals surface area contributed by atoms with Gasteiger partial charge in [0.25, 0.3) is 0 Å². The van der Waals surface area contributed by atoms with Gasteiger partial charge in [-0.2, -0.15) is 0 Å². The van der Waals surface area contributed by atoms with Crippen molar-refractivity contribution in [2.24, 2.45) is 40.9 Å². The molecule has 0 N–H and O–H groups in total. The molecule has 0 saturated heterocycles. The second kappa shape index (κ2) is 0.790. The molecule has 5 rings (SSSR count). The summed E-state index contributed by atoms with van der Waals surface area (Å²) in [6, 6.07) is 0. The quantitative estimate of drug-likeness (QED) is 0.472. The van der Waals surface area contributed by atoms with E-state index in [2.05, 4.69) is 0 Å². The van der Waals surface area contributed by atoms with E-state index in [1.807, 2.05) is 0 Å². The number of hydrogen-bond donors (Lipinski definition) is 0. The third kappa shape index (κ3) is 0.185. The van der Waals surface area contributed by atoms with Crippen LogP contribution in [0.15, 0.2) is 0 Å². The highest BCUT2D eigenvalue weighted by atomic mass is 15.0. The molecule has 0 aromatic rings. The molecule has 0 aromatic heterocycles. The van der Waals surface area contributed by atoms with Crippen LogP contribution in [0.1, 0.15) is 19.3 Å². The Balaban J connectivity index is 1.75. The molecule has 7 unspecified atom stereocenters. The Morgan fingerprint density at radius 1 is 1.00 bits per heavy atom. The van der Waals surface area contributed by atoms with Gasteiger partial charge in [0.2, 0.25) is 0 Å². The Bertz CT molecular complexity index is 253. The topological polar surface area (TPSA) is 0 Å². The molecule has 0 aromatic carbocycles. The molecule has 0 heterocycles. The van der Waals surface area contributed by atoms with Crippen LogP contribution in [-0.4, -0.2) is 0 Å². The molecule has 0 heteroatoms. The van der Waals surface area contributed by atoms with Gasteiger partial charge in [0, 0.05) is 0 Å². The van der Waals surface area contributed by atoms with Gasteiger partial charge < -0.3 is 0 Å². The molecule has 0 bridgehead atoms. The van der Waals surface area contributed by atoms with Crippen molar-refractivity contribution in [1.82, 2.24) is 0 Å². The minimum Gasteiger partial charge on any atom is -0.0467 e. The fourth-order valence-electron chi connectivity index (χ4n) is 5.23. The van der Waals surface area contributed by atoms with E-state index in [4.69, 9.17) is 0 Å². The zero-order chi connectivity index (χ0) is 6.09. The maximum absolute atomic E-state index is 1.66. The van der Waals surface area contributed by atoms with Gasteiger partial charge in [-0.1, -0.05) is 0 Å². The second-order valence-electron chi connectivity index (χ2n) is 5.49. The molecule has 5 fully saturated rings. The predicted octanol–water partition coefficient (Wildman–Crippen LogP) is 1.91. The minimum absolute atomic E-state index is 1.08. The van der Waals surface area contributed by atoms with Crippen LogP contribution in [0.5, 0.6) is 0 Å². The zero-order valence-corrected chi connectivity index (χ0v) is 6.09. The van der Waals surface area contributed by atoms with E-state index in [0.717, 1.165) is 5.41 Å². The van der Waals surface area contributed by atoms with Crippen molar-refractivity contribution in [1.29, 1.82) is 0 Å². The van der Waals surface area contributed by atoms with Crippen LogP contribution in [0, 0.1) is 40.9 Å². The van der Waals surface area contributed by atoms with Crippen LogP contribution in [0.25, 0.3) is 0 Å². The van der Waals surface area contributed by atoms with E-state index >= 15 is 0 Å². The smallest absolute Gasteiger partial charge is 0.0170 e. The van der Waals surface area contributed by atoms with E-state index in [-0.39, 0.29) is 0 Å². The average molecular weight is 132 g/mol. The van der Waals surface area contributed by atoms with Gasteiger partial charge in [-0.15, -0.1) is 0 Å². The number of hydrogen-bond acceptors (Lipinski definition) is 0. The highest BCUT2D eigenvalue weighted by molar-refractivity contribution is 5.44. The van der Waals surface area contributed by atoms with E-state index in [1.54, 1.807) is 19.3 Å². The van der Waals surface area contributed by atoms with Crippen LogP contribution >= 0.6 is 0 Å². The maximum atomic E-state index is 1.66.